The minimum Gasteiger partial charge on any atom is -0.497 e. The maximum Gasteiger partial charge on any atom is 0.258 e. The Morgan fingerprint density at radius 1 is 1.11 bits per heavy atom. The van der Waals surface area contributed by atoms with Crippen molar-refractivity contribution in [3.05, 3.63) is 57.9 Å². The molecular weight excluding hydrogens is 566 g/mol. The van der Waals surface area contributed by atoms with Crippen LogP contribution in [-0.2, 0) is 24.7 Å². The largest absolute Gasteiger partial charge is 0.497 e. The first-order valence-electron chi connectivity index (χ1n) is 11.2. The number of hydrogen-bond donors (Lipinski definition) is 1. The lowest BCUT2D eigenvalue weighted by Gasteiger charge is -2.35. The molecular formula is C24H27Cl2FN2O6S2. The fourth-order valence-electron chi connectivity index (χ4n) is 3.87. The van der Waals surface area contributed by atoms with Crippen LogP contribution in [-0.4, -0.2) is 65.2 Å². The number of methoxy groups -OCH3 is 1. The van der Waals surface area contributed by atoms with Crippen molar-refractivity contribution in [1.82, 2.24) is 9.62 Å². The van der Waals surface area contributed by atoms with Gasteiger partial charge in [-0.05, 0) is 43.3 Å². The Balaban J connectivity index is 1.83. The summed E-state index contributed by atoms with van der Waals surface area (Å²) in [6, 6.07) is 8.36. The van der Waals surface area contributed by atoms with Gasteiger partial charge in [0.15, 0.2) is 15.5 Å². The van der Waals surface area contributed by atoms with E-state index in [-0.39, 0.29) is 41.4 Å². The lowest BCUT2D eigenvalue weighted by atomic mass is 9.93. The fraction of sp³-hybridized carbons (Fsp3) is 0.375. The molecule has 37 heavy (non-hydrogen) atoms. The van der Waals surface area contributed by atoms with E-state index >= 15 is 4.39 Å². The molecule has 1 aliphatic heterocycles. The average Bonchev–Trinajstić information content (AvgIpc) is 2.82. The molecule has 1 saturated heterocycles. The predicted molar refractivity (Wildman–Crippen MR) is 142 cm³/mol. The Kier molecular flexibility index (Phi) is 8.96. The van der Waals surface area contributed by atoms with Gasteiger partial charge in [0.25, 0.3) is 5.91 Å². The van der Waals surface area contributed by atoms with Gasteiger partial charge in [0.1, 0.15) is 5.75 Å². The number of sulfonamides is 1. The summed E-state index contributed by atoms with van der Waals surface area (Å²) in [6.45, 7) is 1.02. The molecule has 1 aliphatic rings. The number of hydrogen-bond acceptors (Lipinski definition) is 6. The van der Waals surface area contributed by atoms with Gasteiger partial charge in [0, 0.05) is 64.8 Å². The van der Waals surface area contributed by atoms with Gasteiger partial charge in [-0.2, -0.15) is 4.31 Å². The molecule has 1 atom stereocenters. The topological polar surface area (TPSA) is 110 Å². The van der Waals surface area contributed by atoms with Crippen molar-refractivity contribution in [3.63, 3.8) is 0 Å². The van der Waals surface area contributed by atoms with Crippen molar-refractivity contribution >= 4 is 49.0 Å². The molecule has 1 N–H and O–H groups in total. The normalized spacial score (nSPS) is 17.5. The summed E-state index contributed by atoms with van der Waals surface area (Å²) in [5.41, 5.74) is -1.65. The molecule has 0 bridgehead atoms. The molecule has 2 aromatic carbocycles. The Morgan fingerprint density at radius 3 is 2.35 bits per heavy atom. The summed E-state index contributed by atoms with van der Waals surface area (Å²) in [5.74, 6) is -0.458. The zero-order chi connectivity index (χ0) is 27.6. The highest BCUT2D eigenvalue weighted by molar-refractivity contribution is 7.93. The van der Waals surface area contributed by atoms with Crippen LogP contribution in [0, 0.1) is 0 Å². The minimum absolute atomic E-state index is 0.0672. The molecule has 0 aliphatic carbocycles. The molecule has 0 unspecified atom stereocenters. The second-order valence-electron chi connectivity index (χ2n) is 8.78. The van der Waals surface area contributed by atoms with Gasteiger partial charge in [-0.25, -0.2) is 21.2 Å². The molecule has 0 saturated carbocycles. The zero-order valence-electron chi connectivity index (χ0n) is 20.4. The Bertz CT molecular complexity index is 1420. The van der Waals surface area contributed by atoms with Gasteiger partial charge >= 0.3 is 0 Å². The van der Waals surface area contributed by atoms with E-state index in [2.05, 4.69) is 5.32 Å². The van der Waals surface area contributed by atoms with Crippen LogP contribution >= 0.6 is 23.2 Å². The third kappa shape index (κ3) is 7.02. The summed E-state index contributed by atoms with van der Waals surface area (Å²) < 4.78 is 71.6. The lowest BCUT2D eigenvalue weighted by molar-refractivity contribution is -0.135. The Morgan fingerprint density at radius 2 is 1.76 bits per heavy atom. The highest BCUT2D eigenvalue weighted by Gasteiger charge is 2.45. The van der Waals surface area contributed by atoms with Crippen LogP contribution in [0.5, 0.6) is 5.75 Å². The number of sulfone groups is 1. The van der Waals surface area contributed by atoms with E-state index in [4.69, 9.17) is 27.9 Å². The second kappa shape index (κ2) is 11.3. The van der Waals surface area contributed by atoms with Crippen molar-refractivity contribution < 1.29 is 30.8 Å². The number of benzene rings is 2. The number of nitrogens with one attached hydrogen (secondary N) is 1. The third-order valence-electron chi connectivity index (χ3n) is 5.92. The van der Waals surface area contributed by atoms with Gasteiger partial charge in [-0.15, -0.1) is 0 Å². The quantitative estimate of drug-likeness (QED) is 0.491. The van der Waals surface area contributed by atoms with Crippen LogP contribution in [0.4, 0.5) is 4.39 Å². The van der Waals surface area contributed by atoms with Crippen LogP contribution in [0.25, 0.3) is 11.1 Å². The van der Waals surface area contributed by atoms with E-state index in [1.54, 1.807) is 18.2 Å². The molecule has 1 fully saturated rings. The van der Waals surface area contributed by atoms with Crippen LogP contribution in [0.15, 0.2) is 52.8 Å². The molecule has 2 aromatic rings. The van der Waals surface area contributed by atoms with Crippen LogP contribution in [0.3, 0.4) is 0 Å². The van der Waals surface area contributed by atoms with Crippen molar-refractivity contribution in [1.29, 1.82) is 0 Å². The van der Waals surface area contributed by atoms with E-state index in [1.165, 1.54) is 38.3 Å². The Hall–Kier alpha value is -2.18. The third-order valence-corrected chi connectivity index (χ3v) is 9.09. The number of halogens is 3. The molecule has 13 heteroatoms. The van der Waals surface area contributed by atoms with Crippen molar-refractivity contribution in [2.75, 3.05) is 26.5 Å². The van der Waals surface area contributed by atoms with E-state index in [0.29, 0.717) is 16.3 Å². The molecule has 1 amide bonds. The van der Waals surface area contributed by atoms with Gasteiger partial charge in [-0.3, -0.25) is 4.79 Å². The number of alkyl halides is 1. The first-order chi connectivity index (χ1) is 17.2. The standard InChI is InChI=1S/C24H27Cl2FN2O6S2/c1-16(8-13-36(3,31)32)28-23(30)24(27)9-11-29(12-10-24)37(33,34)22-7-4-17(25)14-20(22)19-15-18(35-2)5-6-21(19)26/h4-8,13-16H,9-12H2,1-3H3,(H,28,30)/b13-8-/t16-/m0/s1. The van der Waals surface area contributed by atoms with Crippen LogP contribution in [0.2, 0.25) is 10.0 Å². The van der Waals surface area contributed by atoms with E-state index in [9.17, 15) is 21.6 Å². The van der Waals surface area contributed by atoms with Gasteiger partial charge < -0.3 is 10.1 Å². The highest BCUT2D eigenvalue weighted by atomic mass is 35.5. The summed E-state index contributed by atoms with van der Waals surface area (Å²) in [5, 5.41) is 3.94. The number of ether oxygens (including phenoxy) is 1. The zero-order valence-corrected chi connectivity index (χ0v) is 23.5. The fourth-order valence-corrected chi connectivity index (χ4v) is 6.41. The monoisotopic (exact) mass is 592 g/mol. The predicted octanol–water partition coefficient (Wildman–Crippen LogP) is 4.22. The average molecular weight is 594 g/mol. The van der Waals surface area contributed by atoms with Crippen LogP contribution < -0.4 is 10.1 Å². The van der Waals surface area contributed by atoms with Crippen molar-refractivity contribution in [2.24, 2.45) is 0 Å². The number of piperidine rings is 1. The van der Waals surface area contributed by atoms with Gasteiger partial charge in [0.05, 0.1) is 12.0 Å². The van der Waals surface area contributed by atoms with Crippen molar-refractivity contribution in [2.45, 2.75) is 36.4 Å². The smallest absolute Gasteiger partial charge is 0.258 e. The molecule has 0 spiro atoms. The van der Waals surface area contributed by atoms with E-state index < -0.39 is 37.5 Å². The second-order valence-corrected chi connectivity index (χ2v) is 13.5. The van der Waals surface area contributed by atoms with E-state index in [0.717, 1.165) is 16.0 Å². The summed E-state index contributed by atoms with van der Waals surface area (Å²) in [7, 11) is -6.05. The van der Waals surface area contributed by atoms with Crippen molar-refractivity contribution in [3.8, 4) is 16.9 Å². The summed E-state index contributed by atoms with van der Waals surface area (Å²) in [6.07, 6.45) is 1.49. The van der Waals surface area contributed by atoms with Gasteiger partial charge in [0.2, 0.25) is 10.0 Å². The molecule has 3 rings (SSSR count). The number of nitrogens with zero attached hydrogens (tertiary/aromatic N) is 1. The number of carbonyl (C=O) groups is 1. The number of amides is 1. The summed E-state index contributed by atoms with van der Waals surface area (Å²) in [4.78, 5) is 12.5. The summed E-state index contributed by atoms with van der Waals surface area (Å²) >= 11 is 12.5. The Labute approximate surface area is 226 Å². The maximum atomic E-state index is 15.5. The molecule has 0 radical (unpaired) electrons. The lowest BCUT2D eigenvalue weighted by Crippen LogP contribution is -2.53. The molecule has 0 aromatic heterocycles. The first-order valence-corrected chi connectivity index (χ1v) is 15.3. The maximum absolute atomic E-state index is 15.5. The molecule has 202 valence electrons. The molecule has 1 heterocycles. The minimum atomic E-state index is -4.12. The van der Waals surface area contributed by atoms with Gasteiger partial charge in [-0.1, -0.05) is 29.3 Å². The van der Waals surface area contributed by atoms with Crippen LogP contribution in [0.1, 0.15) is 19.8 Å². The first kappa shape index (κ1) is 29.4. The SMILES string of the molecule is COc1ccc(Cl)c(-c2cc(Cl)ccc2S(=O)(=O)N2CCC(F)(C(=O)N[C@@H](C)/C=C\S(C)(=O)=O)CC2)c1. The molecule has 8 nitrogen and oxygen atoms in total. The number of rotatable bonds is 8. The number of carbonyl (C=O) groups excluding carboxylic acids is 1. The van der Waals surface area contributed by atoms with E-state index in [1.807, 2.05) is 0 Å². The highest BCUT2D eigenvalue weighted by Crippen LogP contribution is 2.39.